The summed E-state index contributed by atoms with van der Waals surface area (Å²) in [5, 5.41) is 11.7. The fourth-order valence-electron chi connectivity index (χ4n) is 1.11. The second kappa shape index (κ2) is 8.03. The van der Waals surface area contributed by atoms with Crippen molar-refractivity contribution in [2.24, 2.45) is 0 Å². The van der Waals surface area contributed by atoms with Crippen molar-refractivity contribution < 1.29 is 9.84 Å². The third-order valence-corrected chi connectivity index (χ3v) is 2.06. The lowest BCUT2D eigenvalue weighted by atomic mass is 10.3. The molecule has 2 N–H and O–H groups in total. The average molecular weight is 261 g/mol. The molecule has 0 atom stereocenters. The first kappa shape index (κ1) is 13.9. The van der Waals surface area contributed by atoms with E-state index in [0.717, 1.165) is 19.3 Å². The lowest BCUT2D eigenvalue weighted by Gasteiger charge is -2.06. The number of aliphatic hydroxyl groups excluding tert-OH is 1. The Kier molecular flexibility index (Phi) is 6.57. The van der Waals surface area contributed by atoms with Crippen LogP contribution in [0.15, 0.2) is 0 Å². The molecule has 0 unspecified atom stereocenters. The van der Waals surface area contributed by atoms with Crippen LogP contribution in [0, 0.1) is 0 Å². The molecule has 0 bridgehead atoms. The van der Waals surface area contributed by atoms with Gasteiger partial charge in [0.25, 0.3) is 0 Å². The van der Waals surface area contributed by atoms with E-state index in [0.29, 0.717) is 19.1 Å². The van der Waals surface area contributed by atoms with Crippen LogP contribution in [0.4, 0.5) is 5.95 Å². The van der Waals surface area contributed by atoms with Gasteiger partial charge in [0.1, 0.15) is 0 Å². The first-order valence-electron chi connectivity index (χ1n) is 5.65. The highest BCUT2D eigenvalue weighted by Crippen LogP contribution is 2.11. The molecular weight excluding hydrogens is 244 g/mol. The quantitative estimate of drug-likeness (QED) is 0.690. The Bertz CT molecular complexity index is 338. The summed E-state index contributed by atoms with van der Waals surface area (Å²) in [6.07, 6.45) is 2.46. The maximum atomic E-state index is 8.64. The van der Waals surface area contributed by atoms with Crippen molar-refractivity contribution in [3.63, 3.8) is 0 Å². The molecule has 0 amide bonds. The Morgan fingerprint density at radius 1 is 1.29 bits per heavy atom. The minimum absolute atomic E-state index is 0.107. The van der Waals surface area contributed by atoms with Crippen molar-refractivity contribution >= 4 is 17.5 Å². The number of rotatable bonds is 8. The van der Waals surface area contributed by atoms with Gasteiger partial charge in [0.2, 0.25) is 11.2 Å². The van der Waals surface area contributed by atoms with E-state index in [1.807, 2.05) is 6.92 Å². The number of halogens is 1. The van der Waals surface area contributed by atoms with Gasteiger partial charge in [-0.25, -0.2) is 0 Å². The summed E-state index contributed by atoms with van der Waals surface area (Å²) in [6, 6.07) is 0.233. The summed E-state index contributed by atoms with van der Waals surface area (Å²) >= 11 is 5.75. The summed E-state index contributed by atoms with van der Waals surface area (Å²) < 4.78 is 5.28. The highest BCUT2D eigenvalue weighted by atomic mass is 35.5. The zero-order chi connectivity index (χ0) is 12.5. The number of aliphatic hydroxyl groups is 1. The summed E-state index contributed by atoms with van der Waals surface area (Å²) in [6.45, 7) is 3.40. The lowest BCUT2D eigenvalue weighted by molar-refractivity contribution is 0.285. The van der Waals surface area contributed by atoms with Crippen molar-refractivity contribution in [1.29, 1.82) is 0 Å². The van der Waals surface area contributed by atoms with Gasteiger partial charge in [-0.2, -0.15) is 15.0 Å². The van der Waals surface area contributed by atoms with Crippen molar-refractivity contribution in [1.82, 2.24) is 15.0 Å². The summed E-state index contributed by atoms with van der Waals surface area (Å²) in [4.78, 5) is 11.9. The van der Waals surface area contributed by atoms with E-state index in [1.165, 1.54) is 0 Å². The van der Waals surface area contributed by atoms with E-state index >= 15 is 0 Å². The number of ether oxygens (including phenoxy) is 1. The molecule has 1 heterocycles. The Morgan fingerprint density at radius 3 is 2.82 bits per heavy atom. The molecule has 17 heavy (non-hydrogen) atoms. The molecule has 1 rings (SSSR count). The van der Waals surface area contributed by atoms with Gasteiger partial charge in [-0.15, -0.1) is 0 Å². The third kappa shape index (κ3) is 5.65. The summed E-state index contributed by atoms with van der Waals surface area (Å²) in [5.74, 6) is 0.397. The molecule has 0 saturated heterocycles. The Labute approximate surface area is 105 Å². The largest absolute Gasteiger partial charge is 0.463 e. The summed E-state index contributed by atoms with van der Waals surface area (Å²) in [7, 11) is 0. The van der Waals surface area contributed by atoms with Crippen molar-refractivity contribution in [3.8, 4) is 6.01 Å². The second-order valence-corrected chi connectivity index (χ2v) is 3.75. The molecule has 96 valence electrons. The minimum atomic E-state index is 0.107. The molecule has 1 aromatic rings. The van der Waals surface area contributed by atoms with Gasteiger partial charge in [0, 0.05) is 13.2 Å². The first-order chi connectivity index (χ1) is 8.26. The van der Waals surface area contributed by atoms with Gasteiger partial charge >= 0.3 is 6.01 Å². The minimum Gasteiger partial charge on any atom is -0.463 e. The van der Waals surface area contributed by atoms with Crippen LogP contribution in [-0.2, 0) is 0 Å². The topological polar surface area (TPSA) is 80.2 Å². The van der Waals surface area contributed by atoms with Crippen LogP contribution in [0.25, 0.3) is 0 Å². The Hall–Kier alpha value is -1.14. The molecule has 0 aliphatic rings. The number of hydrogen-bond acceptors (Lipinski definition) is 6. The van der Waals surface area contributed by atoms with Gasteiger partial charge in [-0.3, -0.25) is 0 Å². The number of anilines is 1. The van der Waals surface area contributed by atoms with Crippen LogP contribution in [0.3, 0.4) is 0 Å². The van der Waals surface area contributed by atoms with E-state index in [9.17, 15) is 0 Å². The maximum absolute atomic E-state index is 8.64. The average Bonchev–Trinajstić information content (AvgIpc) is 2.31. The van der Waals surface area contributed by atoms with Crippen LogP contribution in [0.2, 0.25) is 5.28 Å². The normalized spacial score (nSPS) is 10.3. The zero-order valence-electron chi connectivity index (χ0n) is 9.82. The molecule has 0 aromatic carbocycles. The van der Waals surface area contributed by atoms with Crippen LogP contribution >= 0.6 is 11.6 Å². The number of nitrogens with zero attached hydrogens (tertiary/aromatic N) is 3. The van der Waals surface area contributed by atoms with Crippen LogP contribution in [-0.4, -0.2) is 39.8 Å². The number of nitrogens with one attached hydrogen (secondary N) is 1. The number of unbranched alkanes of at least 4 members (excludes halogenated alkanes) is 1. The van der Waals surface area contributed by atoms with E-state index < -0.39 is 0 Å². The molecule has 0 fully saturated rings. The second-order valence-electron chi connectivity index (χ2n) is 3.42. The maximum Gasteiger partial charge on any atom is 0.322 e. The molecule has 0 radical (unpaired) electrons. The number of aromatic nitrogens is 3. The third-order valence-electron chi connectivity index (χ3n) is 1.89. The molecule has 7 heteroatoms. The van der Waals surface area contributed by atoms with E-state index in [1.54, 1.807) is 0 Å². The van der Waals surface area contributed by atoms with Crippen molar-refractivity contribution in [3.05, 3.63) is 5.28 Å². The lowest BCUT2D eigenvalue weighted by Crippen LogP contribution is -2.09. The standard InChI is InChI=1S/C10H17ClN4O2/c1-2-7-17-10-14-8(11)13-9(15-10)12-5-3-4-6-16/h16H,2-7H2,1H3,(H,12,13,14,15). The van der Waals surface area contributed by atoms with E-state index in [-0.39, 0.29) is 17.9 Å². The smallest absolute Gasteiger partial charge is 0.322 e. The SMILES string of the molecule is CCCOc1nc(Cl)nc(NCCCCO)n1. The Balaban J connectivity index is 2.50. The van der Waals surface area contributed by atoms with Gasteiger partial charge in [0.15, 0.2) is 0 Å². The predicted molar refractivity (Wildman–Crippen MR) is 65.4 cm³/mol. The van der Waals surface area contributed by atoms with Crippen LogP contribution in [0.1, 0.15) is 26.2 Å². The van der Waals surface area contributed by atoms with Crippen molar-refractivity contribution in [2.75, 3.05) is 25.1 Å². The molecule has 6 nitrogen and oxygen atoms in total. The number of hydrogen-bond donors (Lipinski definition) is 2. The van der Waals surface area contributed by atoms with Crippen LogP contribution < -0.4 is 10.1 Å². The first-order valence-corrected chi connectivity index (χ1v) is 6.03. The molecule has 0 spiro atoms. The van der Waals surface area contributed by atoms with Gasteiger partial charge in [-0.1, -0.05) is 6.92 Å². The van der Waals surface area contributed by atoms with Crippen molar-refractivity contribution in [2.45, 2.75) is 26.2 Å². The Morgan fingerprint density at radius 2 is 2.12 bits per heavy atom. The molecule has 0 saturated carbocycles. The fourth-order valence-corrected chi connectivity index (χ4v) is 1.26. The zero-order valence-corrected chi connectivity index (χ0v) is 10.6. The van der Waals surface area contributed by atoms with Crippen LogP contribution in [0.5, 0.6) is 6.01 Å². The highest BCUT2D eigenvalue weighted by molar-refractivity contribution is 6.28. The molecular formula is C10H17ClN4O2. The van der Waals surface area contributed by atoms with Gasteiger partial charge < -0.3 is 15.2 Å². The summed E-state index contributed by atoms with van der Waals surface area (Å²) in [5.41, 5.74) is 0. The van der Waals surface area contributed by atoms with Gasteiger partial charge in [-0.05, 0) is 30.9 Å². The fraction of sp³-hybridized carbons (Fsp3) is 0.700. The predicted octanol–water partition coefficient (Wildman–Crippen LogP) is 1.50. The monoisotopic (exact) mass is 260 g/mol. The van der Waals surface area contributed by atoms with E-state index in [2.05, 4.69) is 20.3 Å². The molecule has 1 aromatic heterocycles. The van der Waals surface area contributed by atoms with E-state index in [4.69, 9.17) is 21.4 Å². The molecule has 0 aliphatic heterocycles. The highest BCUT2D eigenvalue weighted by Gasteiger charge is 2.05. The van der Waals surface area contributed by atoms with Gasteiger partial charge in [0.05, 0.1) is 6.61 Å². The molecule has 0 aliphatic carbocycles.